The molecule has 1 aliphatic rings. The number of likely N-dealkylation sites (tertiary alicyclic amines) is 1. The number of para-hydroxylation sites is 1. The van der Waals surface area contributed by atoms with Gasteiger partial charge in [0.05, 0.1) is 6.61 Å². The maximum atomic E-state index is 5.81. The smallest absolute Gasteiger partial charge is 0.123 e. The molecule has 0 saturated carbocycles. The largest absolute Gasteiger partial charge is 0.494 e. The van der Waals surface area contributed by atoms with Crippen LogP contribution in [0.15, 0.2) is 48.5 Å². The first kappa shape index (κ1) is 16.8. The Morgan fingerprint density at radius 1 is 1.04 bits per heavy atom. The highest BCUT2D eigenvalue weighted by molar-refractivity contribution is 5.42. The van der Waals surface area contributed by atoms with Crippen molar-refractivity contribution in [2.75, 3.05) is 25.1 Å². The Hall–Kier alpha value is -2.04. The standard InChI is InChI=1S/C20H27N3O/c1-2-24-20-11-10-17(14-18(20)16-23-12-6-7-13-23)15-21-22-19-8-4-3-5-9-19/h3-5,8-11,14,21-22H,2,6-7,12-13,15-16H2,1H3. The molecule has 128 valence electrons. The van der Waals surface area contributed by atoms with Crippen LogP contribution in [0.1, 0.15) is 30.9 Å². The summed E-state index contributed by atoms with van der Waals surface area (Å²) in [5.41, 5.74) is 10.1. The van der Waals surface area contributed by atoms with Crippen molar-refractivity contribution in [1.82, 2.24) is 10.3 Å². The third-order valence-corrected chi connectivity index (χ3v) is 4.32. The van der Waals surface area contributed by atoms with Crippen molar-refractivity contribution in [1.29, 1.82) is 0 Å². The van der Waals surface area contributed by atoms with Gasteiger partial charge in [0.2, 0.25) is 0 Å². The van der Waals surface area contributed by atoms with Crippen molar-refractivity contribution < 1.29 is 4.74 Å². The number of hydrazine groups is 1. The molecule has 24 heavy (non-hydrogen) atoms. The Morgan fingerprint density at radius 3 is 2.58 bits per heavy atom. The average molecular weight is 325 g/mol. The summed E-state index contributed by atoms with van der Waals surface area (Å²) in [4.78, 5) is 2.51. The van der Waals surface area contributed by atoms with E-state index in [9.17, 15) is 0 Å². The molecule has 1 heterocycles. The maximum absolute atomic E-state index is 5.81. The van der Waals surface area contributed by atoms with Gasteiger partial charge in [-0.15, -0.1) is 0 Å². The SMILES string of the molecule is CCOc1ccc(CNNc2ccccc2)cc1CN1CCCC1. The summed E-state index contributed by atoms with van der Waals surface area (Å²) < 4.78 is 5.81. The zero-order chi connectivity index (χ0) is 16.6. The molecule has 2 aromatic rings. The quantitative estimate of drug-likeness (QED) is 0.724. The highest BCUT2D eigenvalue weighted by Crippen LogP contribution is 2.24. The van der Waals surface area contributed by atoms with Gasteiger partial charge in [0.25, 0.3) is 0 Å². The molecule has 0 aliphatic carbocycles. The van der Waals surface area contributed by atoms with Gasteiger partial charge in [-0.2, -0.15) is 0 Å². The van der Waals surface area contributed by atoms with Crippen molar-refractivity contribution in [3.05, 3.63) is 59.7 Å². The van der Waals surface area contributed by atoms with E-state index in [-0.39, 0.29) is 0 Å². The van der Waals surface area contributed by atoms with Crippen LogP contribution in [0.4, 0.5) is 5.69 Å². The molecule has 0 unspecified atom stereocenters. The van der Waals surface area contributed by atoms with E-state index in [1.165, 1.54) is 37.1 Å². The van der Waals surface area contributed by atoms with Gasteiger partial charge in [-0.05, 0) is 62.7 Å². The number of anilines is 1. The minimum absolute atomic E-state index is 0.708. The summed E-state index contributed by atoms with van der Waals surface area (Å²) in [5, 5.41) is 0. The highest BCUT2D eigenvalue weighted by Gasteiger charge is 2.14. The van der Waals surface area contributed by atoms with Gasteiger partial charge < -0.3 is 10.2 Å². The Morgan fingerprint density at radius 2 is 1.83 bits per heavy atom. The number of nitrogens with one attached hydrogen (secondary N) is 2. The molecule has 0 atom stereocenters. The fourth-order valence-electron chi connectivity index (χ4n) is 3.11. The minimum atomic E-state index is 0.708. The van der Waals surface area contributed by atoms with Crippen LogP contribution >= 0.6 is 0 Å². The van der Waals surface area contributed by atoms with E-state index in [0.29, 0.717) is 6.61 Å². The molecule has 0 bridgehead atoms. The summed E-state index contributed by atoms with van der Waals surface area (Å²) >= 11 is 0. The van der Waals surface area contributed by atoms with Crippen molar-refractivity contribution in [2.45, 2.75) is 32.9 Å². The molecule has 3 rings (SSSR count). The summed E-state index contributed by atoms with van der Waals surface area (Å²) in [5.74, 6) is 1.02. The number of ether oxygens (including phenoxy) is 1. The van der Waals surface area contributed by atoms with E-state index in [4.69, 9.17) is 4.74 Å². The second-order valence-corrected chi connectivity index (χ2v) is 6.20. The Kier molecular flexibility index (Phi) is 6.10. The van der Waals surface area contributed by atoms with Crippen molar-refractivity contribution in [2.24, 2.45) is 0 Å². The first-order valence-electron chi connectivity index (χ1n) is 8.86. The monoisotopic (exact) mass is 325 g/mol. The van der Waals surface area contributed by atoms with Crippen LogP contribution in [-0.4, -0.2) is 24.6 Å². The van der Waals surface area contributed by atoms with Crippen molar-refractivity contribution in [3.8, 4) is 5.75 Å². The predicted octanol–water partition coefficient (Wildman–Crippen LogP) is 3.80. The van der Waals surface area contributed by atoms with Gasteiger partial charge in [-0.1, -0.05) is 24.3 Å². The summed E-state index contributed by atoms with van der Waals surface area (Å²) in [6.45, 7) is 6.90. The van der Waals surface area contributed by atoms with Crippen LogP contribution in [0.3, 0.4) is 0 Å². The fraction of sp³-hybridized carbons (Fsp3) is 0.400. The third-order valence-electron chi connectivity index (χ3n) is 4.32. The van der Waals surface area contributed by atoms with Crippen LogP contribution in [0.2, 0.25) is 0 Å². The van der Waals surface area contributed by atoms with Gasteiger partial charge in [0.15, 0.2) is 0 Å². The lowest BCUT2D eigenvalue weighted by Gasteiger charge is -2.18. The molecule has 4 nitrogen and oxygen atoms in total. The first-order chi connectivity index (χ1) is 11.8. The normalized spacial score (nSPS) is 14.7. The number of hydrogen-bond donors (Lipinski definition) is 2. The lowest BCUT2D eigenvalue weighted by atomic mass is 10.1. The third kappa shape index (κ3) is 4.73. The van der Waals surface area contributed by atoms with Crippen molar-refractivity contribution >= 4 is 5.69 Å². The van der Waals surface area contributed by atoms with Crippen LogP contribution < -0.4 is 15.6 Å². The van der Waals surface area contributed by atoms with Gasteiger partial charge in [-0.3, -0.25) is 4.90 Å². The topological polar surface area (TPSA) is 36.5 Å². The predicted molar refractivity (Wildman–Crippen MR) is 99.0 cm³/mol. The summed E-state index contributed by atoms with van der Waals surface area (Å²) in [7, 11) is 0. The fourth-order valence-corrected chi connectivity index (χ4v) is 3.11. The number of benzene rings is 2. The number of hydrogen-bond acceptors (Lipinski definition) is 4. The zero-order valence-electron chi connectivity index (χ0n) is 14.4. The van der Waals surface area contributed by atoms with Crippen LogP contribution in [0.5, 0.6) is 5.75 Å². The first-order valence-corrected chi connectivity index (χ1v) is 8.86. The highest BCUT2D eigenvalue weighted by atomic mass is 16.5. The molecular weight excluding hydrogens is 298 g/mol. The molecule has 0 amide bonds. The Labute approximate surface area is 144 Å². The number of rotatable bonds is 8. The van der Waals surface area contributed by atoms with E-state index in [2.05, 4.69) is 34.0 Å². The van der Waals surface area contributed by atoms with Crippen molar-refractivity contribution in [3.63, 3.8) is 0 Å². The molecule has 2 N–H and O–H groups in total. The molecule has 0 spiro atoms. The molecular formula is C20H27N3O. The lowest BCUT2D eigenvalue weighted by Crippen LogP contribution is -2.22. The lowest BCUT2D eigenvalue weighted by molar-refractivity contribution is 0.304. The van der Waals surface area contributed by atoms with Gasteiger partial charge >= 0.3 is 0 Å². The van der Waals surface area contributed by atoms with Gasteiger partial charge in [0, 0.05) is 24.3 Å². The maximum Gasteiger partial charge on any atom is 0.123 e. The van der Waals surface area contributed by atoms with E-state index in [1.54, 1.807) is 0 Å². The molecule has 2 aromatic carbocycles. The van der Waals surface area contributed by atoms with Crippen LogP contribution in [0.25, 0.3) is 0 Å². The summed E-state index contributed by atoms with van der Waals surface area (Å²) in [6.07, 6.45) is 2.62. The second-order valence-electron chi connectivity index (χ2n) is 6.20. The molecule has 4 heteroatoms. The molecule has 1 saturated heterocycles. The second kappa shape index (κ2) is 8.71. The summed E-state index contributed by atoms with van der Waals surface area (Å²) in [6, 6.07) is 16.7. The molecule has 1 fully saturated rings. The molecule has 0 aromatic heterocycles. The van der Waals surface area contributed by atoms with Gasteiger partial charge in [-0.25, -0.2) is 5.43 Å². The van der Waals surface area contributed by atoms with E-state index in [0.717, 1.165) is 24.5 Å². The molecule has 0 radical (unpaired) electrons. The average Bonchev–Trinajstić information content (AvgIpc) is 3.11. The molecule has 1 aliphatic heterocycles. The number of nitrogens with zero attached hydrogens (tertiary/aromatic N) is 1. The zero-order valence-corrected chi connectivity index (χ0v) is 14.4. The van der Waals surface area contributed by atoms with E-state index < -0.39 is 0 Å². The van der Waals surface area contributed by atoms with Gasteiger partial charge in [0.1, 0.15) is 5.75 Å². The Bertz CT molecular complexity index is 624. The van der Waals surface area contributed by atoms with E-state index in [1.807, 2.05) is 37.3 Å². The minimum Gasteiger partial charge on any atom is -0.494 e. The van der Waals surface area contributed by atoms with Crippen LogP contribution in [-0.2, 0) is 13.1 Å². The van der Waals surface area contributed by atoms with E-state index >= 15 is 0 Å². The van der Waals surface area contributed by atoms with Crippen LogP contribution in [0, 0.1) is 0 Å². The Balaban J connectivity index is 1.62.